The van der Waals surface area contributed by atoms with Gasteiger partial charge in [0.25, 0.3) is 5.91 Å². The van der Waals surface area contributed by atoms with Crippen LogP contribution in [0.3, 0.4) is 0 Å². The lowest BCUT2D eigenvalue weighted by Crippen LogP contribution is -2.56. The smallest absolute Gasteiger partial charge is 0.409 e. The summed E-state index contributed by atoms with van der Waals surface area (Å²) in [6, 6.07) is 4.31. The van der Waals surface area contributed by atoms with Gasteiger partial charge in [-0.2, -0.15) is 0 Å². The highest BCUT2D eigenvalue weighted by Crippen LogP contribution is 2.40. The number of benzene rings is 1. The predicted molar refractivity (Wildman–Crippen MR) is 153 cm³/mol. The molecule has 0 bridgehead atoms. The van der Waals surface area contributed by atoms with E-state index in [-0.39, 0.29) is 74.8 Å². The zero-order valence-electron chi connectivity index (χ0n) is 24.5. The fraction of sp³-hybridized carbons (Fsp3) is 0.483. The molecule has 1 atom stereocenters. The number of carboxylic acids is 3. The molecule has 16 heteroatoms. The highest BCUT2D eigenvalue weighted by atomic mass is 16.6. The Kier molecular flexibility index (Phi) is 10.3. The Hall–Kier alpha value is -5.15. The van der Waals surface area contributed by atoms with Crippen LogP contribution in [-0.4, -0.2) is 117 Å². The summed E-state index contributed by atoms with van der Waals surface area (Å²) in [6.07, 6.45) is -0.0686. The lowest BCUT2D eigenvalue weighted by molar-refractivity contribution is -0.163. The van der Waals surface area contributed by atoms with Crippen LogP contribution >= 0.6 is 0 Å². The van der Waals surface area contributed by atoms with Crippen molar-refractivity contribution in [2.45, 2.75) is 50.7 Å². The molecule has 2 aromatic rings. The van der Waals surface area contributed by atoms with Crippen molar-refractivity contribution in [2.24, 2.45) is 0 Å². The maximum absolute atomic E-state index is 13.5. The van der Waals surface area contributed by atoms with Crippen molar-refractivity contribution < 1.29 is 58.3 Å². The summed E-state index contributed by atoms with van der Waals surface area (Å²) in [7, 11) is 0. The third-order valence-corrected chi connectivity index (χ3v) is 7.56. The molecule has 242 valence electrons. The number of nitrogens with zero attached hydrogens (tertiary/aromatic N) is 3. The van der Waals surface area contributed by atoms with Gasteiger partial charge < -0.3 is 44.6 Å². The second-order valence-corrected chi connectivity index (χ2v) is 10.6. The van der Waals surface area contributed by atoms with Crippen molar-refractivity contribution in [3.63, 3.8) is 0 Å². The SMILES string of the molecule is CCOC(=O)N1CCN(C(=O)C(CCC(=O)O)NC(=O)c2cc(OC3(C(=O)O)CCC3)c3ccc(OCC(=O)O)cc3n2)CC1. The summed E-state index contributed by atoms with van der Waals surface area (Å²) in [4.78, 5) is 80.6. The Morgan fingerprint density at radius 1 is 0.978 bits per heavy atom. The van der Waals surface area contributed by atoms with Crippen molar-refractivity contribution in [2.75, 3.05) is 39.4 Å². The van der Waals surface area contributed by atoms with E-state index in [4.69, 9.17) is 19.3 Å². The van der Waals surface area contributed by atoms with Crippen LogP contribution in [0.2, 0.25) is 0 Å². The zero-order valence-corrected chi connectivity index (χ0v) is 24.5. The standard InChI is InChI=1S/C29H34N4O12/c1-2-43-28(42)33-12-10-32(11-13-33)26(39)19(6-7-23(34)35)31-25(38)21-15-22(45-29(27(40)41)8-3-9-29)18-5-4-17(14-20(18)30-21)44-16-24(36)37/h4-5,14-15,19H,2-3,6-13,16H2,1H3,(H,31,38)(H,34,35)(H,36,37)(H,40,41). The quantitative estimate of drug-likeness (QED) is 0.246. The number of aliphatic carboxylic acids is 3. The molecule has 1 aromatic carbocycles. The third-order valence-electron chi connectivity index (χ3n) is 7.56. The molecule has 2 fully saturated rings. The predicted octanol–water partition coefficient (Wildman–Crippen LogP) is 1.35. The lowest BCUT2D eigenvalue weighted by Gasteiger charge is -2.38. The van der Waals surface area contributed by atoms with Crippen LogP contribution in [0.1, 0.15) is 49.5 Å². The number of carboxylic acid groups (broad SMARTS) is 3. The van der Waals surface area contributed by atoms with E-state index in [0.717, 1.165) is 0 Å². The van der Waals surface area contributed by atoms with E-state index in [0.29, 0.717) is 11.8 Å². The highest BCUT2D eigenvalue weighted by Gasteiger charge is 2.47. The number of hydrogen-bond acceptors (Lipinski definition) is 10. The Balaban J connectivity index is 1.61. The molecule has 2 heterocycles. The second kappa shape index (κ2) is 14.1. The van der Waals surface area contributed by atoms with E-state index >= 15 is 0 Å². The molecule has 45 heavy (non-hydrogen) atoms. The normalized spacial score (nSPS) is 16.2. The van der Waals surface area contributed by atoms with E-state index < -0.39 is 60.5 Å². The fourth-order valence-corrected chi connectivity index (χ4v) is 4.98. The summed E-state index contributed by atoms with van der Waals surface area (Å²) in [5.74, 6) is -4.82. The first-order chi connectivity index (χ1) is 21.4. The van der Waals surface area contributed by atoms with Crippen LogP contribution in [0, 0.1) is 0 Å². The zero-order chi connectivity index (χ0) is 32.7. The number of amides is 3. The number of nitrogens with one attached hydrogen (secondary N) is 1. The highest BCUT2D eigenvalue weighted by molar-refractivity contribution is 6.00. The minimum Gasteiger partial charge on any atom is -0.482 e. The topological polar surface area (TPSA) is 222 Å². The summed E-state index contributed by atoms with van der Waals surface area (Å²) >= 11 is 0. The number of rotatable bonds is 13. The number of fused-ring (bicyclic) bond motifs is 1. The van der Waals surface area contributed by atoms with E-state index in [2.05, 4.69) is 10.3 Å². The van der Waals surface area contributed by atoms with Crippen molar-refractivity contribution in [1.82, 2.24) is 20.1 Å². The molecule has 4 N–H and O–H groups in total. The Morgan fingerprint density at radius 2 is 1.67 bits per heavy atom. The summed E-state index contributed by atoms with van der Waals surface area (Å²) in [6.45, 7) is 1.89. The van der Waals surface area contributed by atoms with Crippen LogP contribution in [0.5, 0.6) is 11.5 Å². The molecule has 1 unspecified atom stereocenters. The molecule has 1 saturated heterocycles. The van der Waals surface area contributed by atoms with Crippen LogP contribution in [-0.2, 0) is 23.9 Å². The molecule has 1 aliphatic carbocycles. The average molecular weight is 631 g/mol. The molecule has 16 nitrogen and oxygen atoms in total. The van der Waals surface area contributed by atoms with Crippen LogP contribution < -0.4 is 14.8 Å². The first kappa shape index (κ1) is 32.8. The van der Waals surface area contributed by atoms with Gasteiger partial charge in [0.05, 0.1) is 12.1 Å². The van der Waals surface area contributed by atoms with Gasteiger partial charge in [-0.1, -0.05) is 0 Å². The van der Waals surface area contributed by atoms with Crippen molar-refractivity contribution in [3.05, 3.63) is 30.0 Å². The molecule has 0 radical (unpaired) electrons. The molecule has 1 saturated carbocycles. The third kappa shape index (κ3) is 7.87. The van der Waals surface area contributed by atoms with Crippen LogP contribution in [0.25, 0.3) is 10.9 Å². The molecular formula is C29H34N4O12. The first-order valence-electron chi connectivity index (χ1n) is 14.4. The number of aromatic nitrogens is 1. The molecule has 1 aliphatic heterocycles. The van der Waals surface area contributed by atoms with E-state index in [9.17, 15) is 39.0 Å². The second-order valence-electron chi connectivity index (χ2n) is 10.6. The Bertz CT molecular complexity index is 1480. The molecule has 2 aliphatic rings. The van der Waals surface area contributed by atoms with Gasteiger partial charge >= 0.3 is 24.0 Å². The fourth-order valence-electron chi connectivity index (χ4n) is 4.98. The number of pyridine rings is 1. The maximum Gasteiger partial charge on any atom is 0.409 e. The van der Waals surface area contributed by atoms with Crippen molar-refractivity contribution in [1.29, 1.82) is 0 Å². The minimum absolute atomic E-state index is 0.0283. The van der Waals surface area contributed by atoms with Crippen LogP contribution in [0.15, 0.2) is 24.3 Å². The first-order valence-corrected chi connectivity index (χ1v) is 14.4. The van der Waals surface area contributed by atoms with Gasteiger partial charge in [0, 0.05) is 50.1 Å². The van der Waals surface area contributed by atoms with Gasteiger partial charge in [-0.15, -0.1) is 0 Å². The van der Waals surface area contributed by atoms with Gasteiger partial charge in [-0.3, -0.25) is 14.4 Å². The van der Waals surface area contributed by atoms with Crippen molar-refractivity contribution in [3.8, 4) is 11.5 Å². The molecule has 3 amide bonds. The molecule has 1 aromatic heterocycles. The molecular weight excluding hydrogens is 596 g/mol. The number of hydrogen-bond donors (Lipinski definition) is 4. The van der Waals surface area contributed by atoms with E-state index in [1.54, 1.807) is 6.92 Å². The lowest BCUT2D eigenvalue weighted by atomic mass is 9.80. The largest absolute Gasteiger partial charge is 0.482 e. The summed E-state index contributed by atoms with van der Waals surface area (Å²) < 4.78 is 16.2. The Morgan fingerprint density at radius 3 is 2.24 bits per heavy atom. The number of carbonyl (C=O) groups excluding carboxylic acids is 3. The maximum atomic E-state index is 13.5. The van der Waals surface area contributed by atoms with Crippen LogP contribution in [0.4, 0.5) is 4.79 Å². The molecule has 0 spiro atoms. The van der Waals surface area contributed by atoms with E-state index in [1.807, 2.05) is 0 Å². The van der Waals surface area contributed by atoms with Gasteiger partial charge in [0.2, 0.25) is 11.5 Å². The van der Waals surface area contributed by atoms with Gasteiger partial charge in [0.1, 0.15) is 23.2 Å². The molecule has 4 rings (SSSR count). The van der Waals surface area contributed by atoms with Crippen molar-refractivity contribution >= 4 is 46.7 Å². The van der Waals surface area contributed by atoms with Gasteiger partial charge in [-0.05, 0) is 44.7 Å². The number of piperazine rings is 1. The van der Waals surface area contributed by atoms with E-state index in [1.165, 1.54) is 34.1 Å². The number of carbonyl (C=O) groups is 6. The summed E-state index contributed by atoms with van der Waals surface area (Å²) in [5.41, 5.74) is -1.64. The minimum atomic E-state index is -1.51. The van der Waals surface area contributed by atoms with Gasteiger partial charge in [-0.25, -0.2) is 19.4 Å². The number of ether oxygens (including phenoxy) is 3. The van der Waals surface area contributed by atoms with Gasteiger partial charge in [0.15, 0.2) is 6.61 Å². The monoisotopic (exact) mass is 630 g/mol. The Labute approximate surface area is 256 Å². The summed E-state index contributed by atoms with van der Waals surface area (Å²) in [5, 5.41) is 31.0. The average Bonchev–Trinajstić information content (AvgIpc) is 2.99.